The molecule has 54 heavy (non-hydrogen) atoms. The SMILES string of the molecule is COc1c(N[C@H]2CC(=O)C(=O)[C@H](Cc3ccccc3)[C@H](OC(=O)C(C)C)[C@H](C)C(=O)C2=O)cnc(C)c1OC(=O)CCCCC(=O)OCc1ccccc1. The van der Waals surface area contributed by atoms with Gasteiger partial charge in [-0.25, -0.2) is 0 Å². The molecule has 1 saturated carbocycles. The van der Waals surface area contributed by atoms with E-state index >= 15 is 0 Å². The second-order valence-electron chi connectivity index (χ2n) is 13.5. The summed E-state index contributed by atoms with van der Waals surface area (Å²) in [5, 5.41) is 2.83. The Kier molecular flexibility index (Phi) is 14.7. The van der Waals surface area contributed by atoms with Gasteiger partial charge in [0, 0.05) is 19.3 Å². The average molecular weight is 743 g/mol. The van der Waals surface area contributed by atoms with E-state index in [0.717, 1.165) is 5.56 Å². The molecule has 1 N–H and O–H groups in total. The monoisotopic (exact) mass is 742 g/mol. The van der Waals surface area contributed by atoms with Crippen LogP contribution in [0.15, 0.2) is 66.9 Å². The number of unbranched alkanes of at least 4 members (excludes halogenated alkanes) is 1. The topological polar surface area (TPSA) is 181 Å². The summed E-state index contributed by atoms with van der Waals surface area (Å²) < 4.78 is 22.1. The molecular formula is C41H46N2O11. The van der Waals surface area contributed by atoms with E-state index in [4.69, 9.17) is 18.9 Å². The summed E-state index contributed by atoms with van der Waals surface area (Å²) in [4.78, 5) is 97.1. The van der Waals surface area contributed by atoms with E-state index < -0.39 is 71.4 Å². The van der Waals surface area contributed by atoms with Crippen molar-refractivity contribution in [1.29, 1.82) is 0 Å². The number of nitrogens with one attached hydrogen (secondary N) is 1. The molecule has 3 aromatic rings. The predicted octanol–water partition coefficient (Wildman–Crippen LogP) is 5.13. The zero-order chi connectivity index (χ0) is 39.4. The van der Waals surface area contributed by atoms with Gasteiger partial charge in [0.05, 0.1) is 42.4 Å². The minimum Gasteiger partial charge on any atom is -0.491 e. The standard InChI is InChI=1S/C41H46N2O11/c1-24(2)41(50)54-38-25(3)35(47)37(49)30(21-32(44)36(48)29(38)20-27-14-8-6-9-15-27)43-31-22-42-26(4)39(40(31)51-5)53-34(46)19-13-12-18-33(45)52-23-28-16-10-7-11-17-28/h6-11,14-17,22,24-25,29-30,38,43H,12-13,18-21,23H2,1-5H3/t25-,29+,30+,38-/m1/s1. The Morgan fingerprint density at radius 2 is 1.44 bits per heavy atom. The quantitative estimate of drug-likeness (QED) is 0.123. The van der Waals surface area contributed by atoms with Crippen molar-refractivity contribution in [3.05, 3.63) is 83.7 Å². The number of benzene rings is 2. The lowest BCUT2D eigenvalue weighted by Gasteiger charge is -2.29. The van der Waals surface area contributed by atoms with Gasteiger partial charge < -0.3 is 24.3 Å². The Morgan fingerprint density at radius 1 is 0.833 bits per heavy atom. The first-order valence-corrected chi connectivity index (χ1v) is 17.9. The zero-order valence-electron chi connectivity index (χ0n) is 31.1. The molecule has 13 heteroatoms. The van der Waals surface area contributed by atoms with Crippen molar-refractivity contribution in [2.45, 2.75) is 85.0 Å². The van der Waals surface area contributed by atoms with Crippen LogP contribution in [0.25, 0.3) is 0 Å². The summed E-state index contributed by atoms with van der Waals surface area (Å²) in [6, 6.07) is 16.5. The molecule has 4 rings (SSSR count). The molecule has 1 aliphatic rings. The van der Waals surface area contributed by atoms with Gasteiger partial charge in [0.15, 0.2) is 11.5 Å². The lowest BCUT2D eigenvalue weighted by molar-refractivity contribution is -0.163. The Morgan fingerprint density at radius 3 is 2.06 bits per heavy atom. The minimum absolute atomic E-state index is 0.00582. The number of ether oxygens (including phenoxy) is 4. The number of hydrogen-bond acceptors (Lipinski definition) is 13. The van der Waals surface area contributed by atoms with Crippen LogP contribution in [0.4, 0.5) is 5.69 Å². The molecule has 1 aromatic heterocycles. The largest absolute Gasteiger partial charge is 0.491 e. The summed E-state index contributed by atoms with van der Waals surface area (Å²) in [5.74, 6) is -8.68. The molecule has 0 amide bonds. The Labute approximate surface area is 314 Å². The molecule has 4 atom stereocenters. The maximum Gasteiger partial charge on any atom is 0.311 e. The highest BCUT2D eigenvalue weighted by molar-refractivity contribution is 6.44. The molecule has 13 nitrogen and oxygen atoms in total. The van der Waals surface area contributed by atoms with Crippen LogP contribution < -0.4 is 14.8 Å². The fraction of sp³-hybridized carbons (Fsp3) is 0.415. The number of ketones is 4. The Balaban J connectivity index is 1.49. The second-order valence-corrected chi connectivity index (χ2v) is 13.5. The number of anilines is 1. The number of esters is 3. The average Bonchev–Trinajstić information content (AvgIpc) is 3.18. The van der Waals surface area contributed by atoms with Crippen molar-refractivity contribution in [3.8, 4) is 11.5 Å². The summed E-state index contributed by atoms with van der Waals surface area (Å²) in [7, 11) is 1.30. The first kappa shape index (κ1) is 41.0. The van der Waals surface area contributed by atoms with Crippen molar-refractivity contribution < 1.29 is 52.5 Å². The number of Topliss-reactive ketones (excluding diaryl/α,β-unsaturated/α-hetero) is 4. The lowest BCUT2D eigenvalue weighted by Crippen LogP contribution is -2.45. The summed E-state index contributed by atoms with van der Waals surface area (Å²) in [5.41, 5.74) is 1.83. The third-order valence-corrected chi connectivity index (χ3v) is 9.06. The molecule has 0 spiro atoms. The van der Waals surface area contributed by atoms with Gasteiger partial charge in [-0.05, 0) is 37.3 Å². The number of methoxy groups -OCH3 is 1. The van der Waals surface area contributed by atoms with Gasteiger partial charge in [0.1, 0.15) is 18.8 Å². The summed E-state index contributed by atoms with van der Waals surface area (Å²) >= 11 is 0. The number of rotatable bonds is 15. The van der Waals surface area contributed by atoms with Gasteiger partial charge in [-0.2, -0.15) is 0 Å². The maximum atomic E-state index is 13.8. The van der Waals surface area contributed by atoms with Gasteiger partial charge in [0.25, 0.3) is 0 Å². The van der Waals surface area contributed by atoms with Crippen LogP contribution in [-0.2, 0) is 56.1 Å². The third-order valence-electron chi connectivity index (χ3n) is 9.06. The van der Waals surface area contributed by atoms with Crippen LogP contribution >= 0.6 is 0 Å². The molecule has 2 aromatic carbocycles. The van der Waals surface area contributed by atoms with Crippen LogP contribution in [0.1, 0.15) is 69.7 Å². The molecule has 0 saturated heterocycles. The highest BCUT2D eigenvalue weighted by Crippen LogP contribution is 2.38. The number of pyridine rings is 1. The minimum atomic E-state index is -1.53. The van der Waals surface area contributed by atoms with Crippen molar-refractivity contribution in [2.24, 2.45) is 17.8 Å². The third kappa shape index (κ3) is 10.9. The highest BCUT2D eigenvalue weighted by Gasteiger charge is 2.46. The molecule has 0 bridgehead atoms. The van der Waals surface area contributed by atoms with Gasteiger partial charge in [-0.3, -0.25) is 38.5 Å². The van der Waals surface area contributed by atoms with E-state index in [1.807, 2.05) is 30.3 Å². The van der Waals surface area contributed by atoms with E-state index in [2.05, 4.69) is 10.3 Å². The van der Waals surface area contributed by atoms with Gasteiger partial charge in [0.2, 0.25) is 23.1 Å². The molecule has 286 valence electrons. The number of carbonyl (C=O) groups excluding carboxylic acids is 7. The first-order valence-electron chi connectivity index (χ1n) is 17.9. The van der Waals surface area contributed by atoms with Crippen LogP contribution in [-0.4, -0.2) is 65.3 Å². The summed E-state index contributed by atoms with van der Waals surface area (Å²) in [6.45, 7) is 6.31. The van der Waals surface area contributed by atoms with Crippen LogP contribution in [0.3, 0.4) is 0 Å². The second kappa shape index (κ2) is 19.4. The predicted molar refractivity (Wildman–Crippen MR) is 195 cm³/mol. The molecule has 1 aliphatic carbocycles. The smallest absolute Gasteiger partial charge is 0.311 e. The van der Waals surface area contributed by atoms with Crippen LogP contribution in [0, 0.1) is 24.7 Å². The molecule has 1 heterocycles. The van der Waals surface area contributed by atoms with E-state index in [1.54, 1.807) is 51.1 Å². The van der Waals surface area contributed by atoms with Crippen LogP contribution in [0.2, 0.25) is 0 Å². The fourth-order valence-electron chi connectivity index (χ4n) is 5.97. The van der Waals surface area contributed by atoms with Crippen molar-refractivity contribution in [1.82, 2.24) is 4.98 Å². The normalized spacial score (nSPS) is 19.0. The first-order chi connectivity index (χ1) is 25.8. The van der Waals surface area contributed by atoms with Crippen molar-refractivity contribution in [2.75, 3.05) is 12.4 Å². The Hall–Kier alpha value is -5.72. The molecule has 0 aliphatic heterocycles. The van der Waals surface area contributed by atoms with Gasteiger partial charge in [-0.15, -0.1) is 0 Å². The van der Waals surface area contributed by atoms with E-state index in [-0.39, 0.29) is 54.7 Å². The Bertz CT molecular complexity index is 1840. The number of aromatic nitrogens is 1. The van der Waals surface area contributed by atoms with E-state index in [9.17, 15) is 33.6 Å². The lowest BCUT2D eigenvalue weighted by atomic mass is 9.81. The number of nitrogens with zero attached hydrogens (tertiary/aromatic N) is 1. The highest BCUT2D eigenvalue weighted by atomic mass is 16.6. The number of hydrogen-bond donors (Lipinski definition) is 1. The number of aryl methyl sites for hydroxylation is 1. The summed E-state index contributed by atoms with van der Waals surface area (Å²) in [6.07, 6.45) is 0.00365. The maximum absolute atomic E-state index is 13.8. The molecule has 1 fully saturated rings. The van der Waals surface area contributed by atoms with Gasteiger partial charge >= 0.3 is 17.9 Å². The molecule has 0 unspecified atom stereocenters. The fourth-order valence-corrected chi connectivity index (χ4v) is 5.97. The van der Waals surface area contributed by atoms with Crippen molar-refractivity contribution in [3.63, 3.8) is 0 Å². The molecular weight excluding hydrogens is 696 g/mol. The van der Waals surface area contributed by atoms with E-state index in [0.29, 0.717) is 18.4 Å². The van der Waals surface area contributed by atoms with Crippen LogP contribution in [0.5, 0.6) is 11.5 Å². The van der Waals surface area contributed by atoms with Gasteiger partial charge in [-0.1, -0.05) is 81.4 Å². The zero-order valence-corrected chi connectivity index (χ0v) is 31.1. The van der Waals surface area contributed by atoms with Crippen molar-refractivity contribution >= 4 is 46.7 Å². The van der Waals surface area contributed by atoms with E-state index in [1.165, 1.54) is 20.2 Å². The number of carbonyl (C=O) groups is 7. The molecule has 0 radical (unpaired) electrons.